The lowest BCUT2D eigenvalue weighted by Crippen LogP contribution is -2.17. The molecule has 0 amide bonds. The first kappa shape index (κ1) is 21.3. The van der Waals surface area contributed by atoms with Gasteiger partial charge in [0.1, 0.15) is 11.6 Å². The fraction of sp³-hybridized carbons (Fsp3) is 0.250. The summed E-state index contributed by atoms with van der Waals surface area (Å²) in [4.78, 5) is 13.0. The number of ether oxygens (including phenoxy) is 1. The molecule has 30 heavy (non-hydrogen) atoms. The zero-order valence-corrected chi connectivity index (χ0v) is 16.1. The summed E-state index contributed by atoms with van der Waals surface area (Å²) in [6.45, 7) is 2.18. The zero-order chi connectivity index (χ0) is 21.6. The topological polar surface area (TPSA) is 92.2 Å². The number of hydrogen-bond donors (Lipinski definition) is 3. The number of benzene rings is 1. The van der Waals surface area contributed by atoms with Gasteiger partial charge in [-0.25, -0.2) is 4.98 Å². The van der Waals surface area contributed by atoms with E-state index < -0.39 is 6.36 Å². The highest BCUT2D eigenvalue weighted by Crippen LogP contribution is 2.29. The Balaban J connectivity index is 1.88. The van der Waals surface area contributed by atoms with Crippen LogP contribution in [0.4, 0.5) is 30.6 Å². The molecule has 3 N–H and O–H groups in total. The van der Waals surface area contributed by atoms with Gasteiger partial charge in [0.05, 0.1) is 5.69 Å². The number of anilines is 3. The molecule has 0 aliphatic rings. The lowest BCUT2D eigenvalue weighted by molar-refractivity contribution is -0.274. The normalized spacial score (nSPS) is 11.2. The quantitative estimate of drug-likeness (QED) is 0.469. The number of nitrogens with zero attached hydrogens (tertiary/aromatic N) is 3. The van der Waals surface area contributed by atoms with Crippen LogP contribution in [-0.4, -0.2) is 39.6 Å². The highest BCUT2D eigenvalue weighted by molar-refractivity contribution is 5.68. The summed E-state index contributed by atoms with van der Waals surface area (Å²) >= 11 is 0. The van der Waals surface area contributed by atoms with E-state index in [1.54, 1.807) is 31.5 Å². The molecule has 0 radical (unpaired) electrons. The van der Waals surface area contributed by atoms with Crippen LogP contribution in [-0.2, 0) is 0 Å². The largest absolute Gasteiger partial charge is 0.573 e. The lowest BCUT2D eigenvalue weighted by Gasteiger charge is -2.14. The molecule has 0 spiro atoms. The average Bonchev–Trinajstić information content (AvgIpc) is 2.70. The van der Waals surface area contributed by atoms with Gasteiger partial charge in [0.2, 0.25) is 5.95 Å². The van der Waals surface area contributed by atoms with Gasteiger partial charge in [0.25, 0.3) is 0 Å². The molecule has 7 nitrogen and oxygen atoms in total. The van der Waals surface area contributed by atoms with Crippen molar-refractivity contribution in [2.45, 2.75) is 19.7 Å². The van der Waals surface area contributed by atoms with Crippen molar-refractivity contribution in [3.8, 4) is 17.0 Å². The SMILES string of the molecule is Cc1cc(OC(F)(F)F)ccc1Nc1cc(-c2cccnc2)nc(NCCCO)n1. The molecule has 158 valence electrons. The summed E-state index contributed by atoms with van der Waals surface area (Å²) in [6.07, 6.45) is -0.902. The van der Waals surface area contributed by atoms with E-state index in [2.05, 4.69) is 30.3 Å². The number of rotatable bonds is 8. The summed E-state index contributed by atoms with van der Waals surface area (Å²) in [5, 5.41) is 15.1. The second-order valence-electron chi connectivity index (χ2n) is 6.36. The Kier molecular flexibility index (Phi) is 6.68. The molecule has 0 aliphatic carbocycles. The molecule has 0 unspecified atom stereocenters. The van der Waals surface area contributed by atoms with Crippen LogP contribution in [0.25, 0.3) is 11.3 Å². The van der Waals surface area contributed by atoms with Crippen molar-refractivity contribution in [2.75, 3.05) is 23.8 Å². The molecule has 2 heterocycles. The van der Waals surface area contributed by atoms with E-state index in [1.807, 2.05) is 6.07 Å². The summed E-state index contributed by atoms with van der Waals surface area (Å²) in [5.41, 5.74) is 2.51. The molecule has 1 aromatic carbocycles. The Labute approximate surface area is 171 Å². The van der Waals surface area contributed by atoms with Crippen molar-refractivity contribution in [3.63, 3.8) is 0 Å². The van der Waals surface area contributed by atoms with E-state index in [1.165, 1.54) is 18.2 Å². The number of pyridine rings is 1. The van der Waals surface area contributed by atoms with Crippen LogP contribution in [0.5, 0.6) is 5.75 Å². The van der Waals surface area contributed by atoms with Gasteiger partial charge in [-0.05, 0) is 49.2 Å². The average molecular weight is 419 g/mol. The van der Waals surface area contributed by atoms with Gasteiger partial charge in [-0.15, -0.1) is 13.2 Å². The molecule has 0 saturated carbocycles. The van der Waals surface area contributed by atoms with Crippen molar-refractivity contribution in [1.29, 1.82) is 0 Å². The van der Waals surface area contributed by atoms with E-state index >= 15 is 0 Å². The molecular weight excluding hydrogens is 399 g/mol. The van der Waals surface area contributed by atoms with Crippen LogP contribution in [0.15, 0.2) is 48.8 Å². The van der Waals surface area contributed by atoms with Gasteiger partial charge in [-0.3, -0.25) is 4.98 Å². The predicted molar refractivity (Wildman–Crippen MR) is 107 cm³/mol. The van der Waals surface area contributed by atoms with Gasteiger partial charge >= 0.3 is 6.36 Å². The minimum atomic E-state index is -4.75. The van der Waals surface area contributed by atoms with Crippen LogP contribution < -0.4 is 15.4 Å². The Morgan fingerprint density at radius 1 is 1.13 bits per heavy atom. The molecule has 0 saturated heterocycles. The molecular formula is C20H20F3N5O2. The molecule has 0 atom stereocenters. The van der Waals surface area contributed by atoms with Crippen molar-refractivity contribution in [1.82, 2.24) is 15.0 Å². The van der Waals surface area contributed by atoms with Crippen LogP contribution in [0.3, 0.4) is 0 Å². The fourth-order valence-electron chi connectivity index (χ4n) is 2.64. The Hall–Kier alpha value is -3.40. The van der Waals surface area contributed by atoms with E-state index in [-0.39, 0.29) is 12.4 Å². The van der Waals surface area contributed by atoms with Crippen LogP contribution in [0.1, 0.15) is 12.0 Å². The minimum Gasteiger partial charge on any atom is -0.406 e. The lowest BCUT2D eigenvalue weighted by atomic mass is 10.2. The third-order valence-corrected chi connectivity index (χ3v) is 4.00. The van der Waals surface area contributed by atoms with Crippen LogP contribution in [0, 0.1) is 6.92 Å². The van der Waals surface area contributed by atoms with Gasteiger partial charge < -0.3 is 20.5 Å². The summed E-state index contributed by atoms with van der Waals surface area (Å²) in [7, 11) is 0. The molecule has 3 aromatic rings. The molecule has 2 aromatic heterocycles. The van der Waals surface area contributed by atoms with E-state index in [0.717, 1.165) is 5.56 Å². The van der Waals surface area contributed by atoms with E-state index in [9.17, 15) is 13.2 Å². The molecule has 0 aliphatic heterocycles. The van der Waals surface area contributed by atoms with Crippen molar-refractivity contribution >= 4 is 17.5 Å². The van der Waals surface area contributed by atoms with Crippen LogP contribution >= 0.6 is 0 Å². The first-order valence-corrected chi connectivity index (χ1v) is 9.12. The number of halogens is 3. The molecule has 10 heteroatoms. The molecule has 3 rings (SSSR count). The number of aromatic nitrogens is 3. The Bertz CT molecular complexity index is 984. The van der Waals surface area contributed by atoms with Crippen molar-refractivity contribution < 1.29 is 23.0 Å². The van der Waals surface area contributed by atoms with Gasteiger partial charge in [-0.2, -0.15) is 4.98 Å². The Morgan fingerprint density at radius 3 is 2.63 bits per heavy atom. The number of alkyl halides is 3. The van der Waals surface area contributed by atoms with E-state index in [0.29, 0.717) is 41.7 Å². The highest BCUT2D eigenvalue weighted by Gasteiger charge is 2.31. The number of hydrogen-bond acceptors (Lipinski definition) is 7. The standard InChI is InChI=1S/C20H20F3N5O2/c1-13-10-15(30-20(21,22)23)5-6-16(13)26-18-11-17(14-4-2-7-24-12-14)27-19(28-18)25-8-3-9-29/h2,4-7,10-12,29H,3,8-9H2,1H3,(H2,25,26,27,28). The molecule has 0 bridgehead atoms. The van der Waals surface area contributed by atoms with Gasteiger partial charge in [0.15, 0.2) is 0 Å². The number of aliphatic hydroxyl groups is 1. The van der Waals surface area contributed by atoms with Gasteiger partial charge in [-0.1, -0.05) is 0 Å². The summed E-state index contributed by atoms with van der Waals surface area (Å²) in [5.74, 6) is 0.501. The first-order chi connectivity index (χ1) is 14.3. The molecule has 0 fully saturated rings. The van der Waals surface area contributed by atoms with Crippen molar-refractivity contribution in [2.24, 2.45) is 0 Å². The maximum Gasteiger partial charge on any atom is 0.573 e. The number of aliphatic hydroxyl groups excluding tert-OH is 1. The summed E-state index contributed by atoms with van der Waals surface area (Å²) in [6, 6.07) is 9.36. The number of nitrogens with one attached hydrogen (secondary N) is 2. The third kappa shape index (κ3) is 6.05. The number of aryl methyl sites for hydroxylation is 1. The van der Waals surface area contributed by atoms with Crippen LogP contribution in [0.2, 0.25) is 0 Å². The summed E-state index contributed by atoms with van der Waals surface area (Å²) < 4.78 is 41.2. The predicted octanol–water partition coefficient (Wildman–Crippen LogP) is 4.28. The fourth-order valence-corrected chi connectivity index (χ4v) is 2.64. The first-order valence-electron chi connectivity index (χ1n) is 9.12. The van der Waals surface area contributed by atoms with Crippen molar-refractivity contribution in [3.05, 3.63) is 54.4 Å². The Morgan fingerprint density at radius 2 is 1.97 bits per heavy atom. The van der Waals surface area contributed by atoms with Gasteiger partial charge in [0, 0.05) is 42.9 Å². The van der Waals surface area contributed by atoms with E-state index in [4.69, 9.17) is 5.11 Å². The minimum absolute atomic E-state index is 0.0337. The maximum absolute atomic E-state index is 12.4. The third-order valence-electron chi connectivity index (χ3n) is 4.00. The second-order valence-corrected chi connectivity index (χ2v) is 6.36. The smallest absolute Gasteiger partial charge is 0.406 e. The second kappa shape index (κ2) is 9.40. The highest BCUT2D eigenvalue weighted by atomic mass is 19.4. The maximum atomic E-state index is 12.4. The monoisotopic (exact) mass is 419 g/mol. The zero-order valence-electron chi connectivity index (χ0n) is 16.1.